The molecule has 1 N–H and O–H groups in total. The minimum absolute atomic E-state index is 0.0779. The zero-order chi connectivity index (χ0) is 13.8. The van der Waals surface area contributed by atoms with E-state index < -0.39 is 0 Å². The van der Waals surface area contributed by atoms with Gasteiger partial charge in [-0.15, -0.1) is 5.10 Å². The third-order valence-electron chi connectivity index (χ3n) is 3.93. The summed E-state index contributed by atoms with van der Waals surface area (Å²) in [7, 11) is 1.86. The average molecular weight is 265 g/mol. The van der Waals surface area contributed by atoms with E-state index in [-0.39, 0.29) is 11.7 Å². The Labute approximate surface area is 114 Å². The molecule has 0 bridgehead atoms. The Balaban J connectivity index is 1.95. The fraction of sp³-hybridized carbons (Fsp3) is 0.769. The highest BCUT2D eigenvalue weighted by Gasteiger charge is 2.27. The summed E-state index contributed by atoms with van der Waals surface area (Å²) in [5.74, 6) is 0.973. The number of hydrogen-bond donors (Lipinski definition) is 1. The lowest BCUT2D eigenvalue weighted by Gasteiger charge is -2.35. The van der Waals surface area contributed by atoms with Crippen LogP contribution in [-0.2, 0) is 6.42 Å². The lowest BCUT2D eigenvalue weighted by atomic mass is 10.0. The summed E-state index contributed by atoms with van der Waals surface area (Å²) in [6.07, 6.45) is 2.82. The highest BCUT2D eigenvalue weighted by molar-refractivity contribution is 5.90. The van der Waals surface area contributed by atoms with Crippen LogP contribution < -0.4 is 0 Å². The summed E-state index contributed by atoms with van der Waals surface area (Å²) in [4.78, 5) is 20.7. The smallest absolute Gasteiger partial charge is 0.293 e. The second kappa shape index (κ2) is 6.14. The van der Waals surface area contributed by atoms with Gasteiger partial charge in [0.2, 0.25) is 5.82 Å². The van der Waals surface area contributed by atoms with Crippen molar-refractivity contribution in [3.8, 4) is 0 Å². The molecule has 1 aromatic rings. The standard InChI is InChI=1S/C13H23N5O/c1-4-11-14-12(16-15-11)13(19)17(3)10-6-8-18(5-2)9-7-10/h10H,4-9H2,1-3H3,(H,14,15,16). The summed E-state index contributed by atoms with van der Waals surface area (Å²) in [6.45, 7) is 7.37. The van der Waals surface area contributed by atoms with Crippen molar-refractivity contribution in [2.24, 2.45) is 0 Å². The van der Waals surface area contributed by atoms with Gasteiger partial charge in [0.05, 0.1) is 0 Å². The predicted octanol–water partition coefficient (Wildman–Crippen LogP) is 0.923. The minimum Gasteiger partial charge on any atom is -0.336 e. The molecule has 0 unspecified atom stereocenters. The number of nitrogens with one attached hydrogen (secondary N) is 1. The molecule has 6 nitrogen and oxygen atoms in total. The highest BCUT2D eigenvalue weighted by atomic mass is 16.2. The number of amides is 1. The summed E-state index contributed by atoms with van der Waals surface area (Å²) in [5, 5.41) is 6.79. The van der Waals surface area contributed by atoms with Crippen LogP contribution in [0.25, 0.3) is 0 Å². The van der Waals surface area contributed by atoms with E-state index in [4.69, 9.17) is 0 Å². The molecular formula is C13H23N5O. The third-order valence-corrected chi connectivity index (χ3v) is 3.93. The summed E-state index contributed by atoms with van der Waals surface area (Å²) < 4.78 is 0. The van der Waals surface area contributed by atoms with E-state index in [1.54, 1.807) is 4.90 Å². The Morgan fingerprint density at radius 2 is 2.11 bits per heavy atom. The predicted molar refractivity (Wildman–Crippen MR) is 73.0 cm³/mol. The molecule has 19 heavy (non-hydrogen) atoms. The summed E-state index contributed by atoms with van der Waals surface area (Å²) in [5.41, 5.74) is 0. The van der Waals surface area contributed by atoms with Crippen LogP contribution in [-0.4, -0.2) is 63.6 Å². The molecule has 0 radical (unpaired) electrons. The van der Waals surface area contributed by atoms with Gasteiger partial charge in [0.15, 0.2) is 0 Å². The van der Waals surface area contributed by atoms with Crippen molar-refractivity contribution in [3.05, 3.63) is 11.6 Å². The summed E-state index contributed by atoms with van der Waals surface area (Å²) >= 11 is 0. The van der Waals surface area contributed by atoms with Crippen LogP contribution in [0, 0.1) is 0 Å². The molecule has 2 rings (SSSR count). The molecule has 0 spiro atoms. The van der Waals surface area contributed by atoms with Crippen molar-refractivity contribution in [3.63, 3.8) is 0 Å². The van der Waals surface area contributed by atoms with E-state index in [0.29, 0.717) is 6.04 Å². The van der Waals surface area contributed by atoms with Gasteiger partial charge in [-0.3, -0.25) is 9.89 Å². The molecule has 0 aliphatic carbocycles. The van der Waals surface area contributed by atoms with Gasteiger partial charge in [-0.1, -0.05) is 13.8 Å². The summed E-state index contributed by atoms with van der Waals surface area (Å²) in [6, 6.07) is 0.305. The van der Waals surface area contributed by atoms with E-state index in [2.05, 4.69) is 27.0 Å². The van der Waals surface area contributed by atoms with Crippen molar-refractivity contribution >= 4 is 5.91 Å². The van der Waals surface area contributed by atoms with Crippen LogP contribution in [0.2, 0.25) is 0 Å². The van der Waals surface area contributed by atoms with Gasteiger partial charge in [-0.2, -0.15) is 0 Å². The first kappa shape index (κ1) is 14.0. The Morgan fingerprint density at radius 1 is 1.42 bits per heavy atom. The minimum atomic E-state index is -0.0779. The first-order valence-electron chi connectivity index (χ1n) is 7.06. The molecular weight excluding hydrogens is 242 g/mol. The van der Waals surface area contributed by atoms with Crippen LogP contribution in [0.15, 0.2) is 0 Å². The van der Waals surface area contributed by atoms with Crippen LogP contribution >= 0.6 is 0 Å². The third kappa shape index (κ3) is 3.12. The zero-order valence-electron chi connectivity index (χ0n) is 12.0. The lowest BCUT2D eigenvalue weighted by molar-refractivity contribution is 0.0635. The highest BCUT2D eigenvalue weighted by Crippen LogP contribution is 2.16. The van der Waals surface area contributed by atoms with Crippen LogP contribution in [0.4, 0.5) is 0 Å². The fourth-order valence-electron chi connectivity index (χ4n) is 2.50. The maximum absolute atomic E-state index is 12.3. The van der Waals surface area contributed by atoms with Crippen molar-refractivity contribution in [2.75, 3.05) is 26.7 Å². The Kier molecular flexibility index (Phi) is 4.52. The van der Waals surface area contributed by atoms with Gasteiger partial charge >= 0.3 is 0 Å². The number of nitrogens with zero attached hydrogens (tertiary/aromatic N) is 4. The van der Waals surface area contributed by atoms with Crippen molar-refractivity contribution in [1.82, 2.24) is 25.0 Å². The number of hydrogen-bond acceptors (Lipinski definition) is 4. The number of rotatable bonds is 4. The molecule has 1 amide bonds. The van der Waals surface area contributed by atoms with Crippen LogP contribution in [0.5, 0.6) is 0 Å². The first-order chi connectivity index (χ1) is 9.15. The molecule has 1 aliphatic rings. The molecule has 0 atom stereocenters. The molecule has 1 aliphatic heterocycles. The number of carbonyl (C=O) groups is 1. The number of piperidine rings is 1. The Hall–Kier alpha value is -1.43. The Morgan fingerprint density at radius 3 is 2.63 bits per heavy atom. The van der Waals surface area contributed by atoms with E-state index in [0.717, 1.165) is 44.7 Å². The molecule has 1 aromatic heterocycles. The second-order valence-electron chi connectivity index (χ2n) is 5.04. The zero-order valence-corrected chi connectivity index (χ0v) is 12.0. The first-order valence-corrected chi connectivity index (χ1v) is 7.06. The lowest BCUT2D eigenvalue weighted by Crippen LogP contribution is -2.45. The number of aromatic amines is 1. The molecule has 106 valence electrons. The Bertz CT molecular complexity index is 422. The topological polar surface area (TPSA) is 65.1 Å². The second-order valence-corrected chi connectivity index (χ2v) is 5.04. The maximum atomic E-state index is 12.3. The van der Waals surface area contributed by atoms with Crippen molar-refractivity contribution < 1.29 is 4.79 Å². The van der Waals surface area contributed by atoms with Crippen molar-refractivity contribution in [1.29, 1.82) is 0 Å². The molecule has 6 heteroatoms. The molecule has 0 saturated carbocycles. The number of aryl methyl sites for hydroxylation is 1. The van der Waals surface area contributed by atoms with Gasteiger partial charge in [0.1, 0.15) is 5.82 Å². The average Bonchev–Trinajstić information content (AvgIpc) is 2.94. The monoisotopic (exact) mass is 265 g/mol. The van der Waals surface area contributed by atoms with Gasteiger partial charge in [0.25, 0.3) is 5.91 Å². The molecule has 1 saturated heterocycles. The van der Waals surface area contributed by atoms with Crippen LogP contribution in [0.1, 0.15) is 43.1 Å². The normalized spacial score (nSPS) is 17.6. The van der Waals surface area contributed by atoms with E-state index in [1.807, 2.05) is 14.0 Å². The van der Waals surface area contributed by atoms with E-state index in [1.165, 1.54) is 0 Å². The maximum Gasteiger partial charge on any atom is 0.293 e. The largest absolute Gasteiger partial charge is 0.336 e. The van der Waals surface area contributed by atoms with Gasteiger partial charge in [0, 0.05) is 32.6 Å². The number of aromatic nitrogens is 3. The number of carbonyl (C=O) groups excluding carboxylic acids is 1. The quantitative estimate of drug-likeness (QED) is 0.879. The fourth-order valence-corrected chi connectivity index (χ4v) is 2.50. The van der Waals surface area contributed by atoms with Crippen molar-refractivity contribution in [2.45, 2.75) is 39.2 Å². The molecule has 2 heterocycles. The van der Waals surface area contributed by atoms with E-state index in [9.17, 15) is 4.79 Å². The number of H-pyrrole nitrogens is 1. The molecule has 0 aromatic carbocycles. The SMILES string of the molecule is CCc1nc(C(=O)N(C)C2CCN(CC)CC2)n[nH]1. The number of likely N-dealkylation sites (tertiary alicyclic amines) is 1. The van der Waals surface area contributed by atoms with Gasteiger partial charge in [-0.25, -0.2) is 4.98 Å². The van der Waals surface area contributed by atoms with Crippen LogP contribution in [0.3, 0.4) is 0 Å². The van der Waals surface area contributed by atoms with E-state index >= 15 is 0 Å². The van der Waals surface area contributed by atoms with Gasteiger partial charge in [-0.05, 0) is 19.4 Å². The van der Waals surface area contributed by atoms with Gasteiger partial charge < -0.3 is 9.80 Å². The molecule has 1 fully saturated rings.